The van der Waals surface area contributed by atoms with E-state index in [-0.39, 0.29) is 11.8 Å². The third-order valence-corrected chi connectivity index (χ3v) is 4.47. The standard InChI is InChI=1S/C13H20N2OS/c1-9-7-17-8-11(9)6-15-13(16)10-2-4-12(14)5-3-10/h7-8,10,12H,2-6,14H2,1H3,(H,15,16). The Labute approximate surface area is 106 Å². The molecule has 0 atom stereocenters. The predicted octanol–water partition coefficient (Wildman–Crippen LogP) is 2.19. The fourth-order valence-electron chi connectivity index (χ4n) is 2.28. The Kier molecular flexibility index (Phi) is 4.18. The Hall–Kier alpha value is -0.870. The third-order valence-electron chi connectivity index (χ3n) is 3.56. The smallest absolute Gasteiger partial charge is 0.223 e. The lowest BCUT2D eigenvalue weighted by Crippen LogP contribution is -2.35. The third kappa shape index (κ3) is 3.30. The molecule has 94 valence electrons. The molecule has 1 aromatic rings. The number of hydrogen-bond acceptors (Lipinski definition) is 3. The second kappa shape index (κ2) is 5.65. The first-order chi connectivity index (χ1) is 8.16. The minimum atomic E-state index is 0.175. The molecule has 0 aliphatic heterocycles. The van der Waals surface area contributed by atoms with Gasteiger partial charge in [-0.25, -0.2) is 0 Å². The van der Waals surface area contributed by atoms with E-state index in [2.05, 4.69) is 23.0 Å². The molecule has 0 spiro atoms. The normalized spacial score (nSPS) is 24.6. The minimum absolute atomic E-state index is 0.175. The van der Waals surface area contributed by atoms with Crippen LogP contribution < -0.4 is 11.1 Å². The minimum Gasteiger partial charge on any atom is -0.352 e. The lowest BCUT2D eigenvalue weighted by Gasteiger charge is -2.25. The summed E-state index contributed by atoms with van der Waals surface area (Å²) in [7, 11) is 0. The number of nitrogens with two attached hydrogens (primary N) is 1. The molecule has 0 unspecified atom stereocenters. The zero-order valence-corrected chi connectivity index (χ0v) is 11.1. The molecule has 1 aromatic heterocycles. The summed E-state index contributed by atoms with van der Waals surface area (Å²) >= 11 is 1.69. The van der Waals surface area contributed by atoms with Crippen LogP contribution >= 0.6 is 11.3 Å². The molecule has 3 nitrogen and oxygen atoms in total. The molecule has 3 N–H and O–H groups in total. The highest BCUT2D eigenvalue weighted by Gasteiger charge is 2.24. The molecule has 4 heteroatoms. The Balaban J connectivity index is 1.80. The predicted molar refractivity (Wildman–Crippen MR) is 70.8 cm³/mol. The number of aryl methyl sites for hydroxylation is 1. The van der Waals surface area contributed by atoms with Crippen LogP contribution in [0.3, 0.4) is 0 Å². The average Bonchev–Trinajstić information content (AvgIpc) is 2.73. The first-order valence-corrected chi connectivity index (χ1v) is 7.16. The molecular weight excluding hydrogens is 232 g/mol. The lowest BCUT2D eigenvalue weighted by molar-refractivity contribution is -0.126. The number of amides is 1. The molecule has 1 fully saturated rings. The van der Waals surface area contributed by atoms with Crippen LogP contribution in [0.25, 0.3) is 0 Å². The molecule has 1 aliphatic rings. The van der Waals surface area contributed by atoms with Crippen molar-refractivity contribution >= 4 is 17.2 Å². The number of hydrogen-bond donors (Lipinski definition) is 2. The summed E-state index contributed by atoms with van der Waals surface area (Å²) in [5.41, 5.74) is 8.33. The van der Waals surface area contributed by atoms with Crippen LogP contribution in [0.2, 0.25) is 0 Å². The van der Waals surface area contributed by atoms with E-state index >= 15 is 0 Å². The molecule has 1 aliphatic carbocycles. The topological polar surface area (TPSA) is 55.1 Å². The van der Waals surface area contributed by atoms with E-state index < -0.39 is 0 Å². The fraction of sp³-hybridized carbons (Fsp3) is 0.615. The van der Waals surface area contributed by atoms with Gasteiger partial charge < -0.3 is 11.1 Å². The van der Waals surface area contributed by atoms with Gasteiger partial charge in [0.05, 0.1) is 0 Å². The molecule has 17 heavy (non-hydrogen) atoms. The van der Waals surface area contributed by atoms with Gasteiger partial charge in [0.1, 0.15) is 0 Å². The van der Waals surface area contributed by atoms with Crippen molar-refractivity contribution in [2.75, 3.05) is 0 Å². The molecule has 2 rings (SSSR count). The van der Waals surface area contributed by atoms with Crippen LogP contribution in [0.5, 0.6) is 0 Å². The molecule has 0 saturated heterocycles. The average molecular weight is 252 g/mol. The maximum atomic E-state index is 12.0. The van der Waals surface area contributed by atoms with Crippen LogP contribution in [0.15, 0.2) is 10.8 Å². The highest BCUT2D eigenvalue weighted by atomic mass is 32.1. The Morgan fingerprint density at radius 3 is 2.71 bits per heavy atom. The van der Waals surface area contributed by atoms with Gasteiger partial charge in [-0.05, 0) is 54.5 Å². The lowest BCUT2D eigenvalue weighted by atomic mass is 9.86. The highest BCUT2D eigenvalue weighted by Crippen LogP contribution is 2.23. The van der Waals surface area contributed by atoms with E-state index in [4.69, 9.17) is 5.73 Å². The summed E-state index contributed by atoms with van der Waals surface area (Å²) in [6.07, 6.45) is 3.84. The maximum absolute atomic E-state index is 12.0. The molecule has 1 saturated carbocycles. The van der Waals surface area contributed by atoms with Crippen molar-refractivity contribution in [2.24, 2.45) is 11.7 Å². The molecule has 0 aromatic carbocycles. The summed E-state index contributed by atoms with van der Waals surface area (Å²) in [5.74, 6) is 0.372. The van der Waals surface area contributed by atoms with Crippen molar-refractivity contribution in [3.8, 4) is 0 Å². The van der Waals surface area contributed by atoms with Crippen LogP contribution in [-0.4, -0.2) is 11.9 Å². The second-order valence-electron chi connectivity index (χ2n) is 4.91. The van der Waals surface area contributed by atoms with Gasteiger partial charge in [-0.1, -0.05) is 0 Å². The molecule has 1 heterocycles. The van der Waals surface area contributed by atoms with E-state index in [0.29, 0.717) is 12.6 Å². The number of rotatable bonds is 3. The van der Waals surface area contributed by atoms with Gasteiger partial charge in [-0.3, -0.25) is 4.79 Å². The zero-order valence-electron chi connectivity index (χ0n) is 10.2. The second-order valence-corrected chi connectivity index (χ2v) is 5.65. The Morgan fingerprint density at radius 1 is 1.41 bits per heavy atom. The fourth-order valence-corrected chi connectivity index (χ4v) is 3.13. The summed E-state index contributed by atoms with van der Waals surface area (Å²) in [6.45, 7) is 2.74. The number of nitrogens with one attached hydrogen (secondary N) is 1. The Morgan fingerprint density at radius 2 is 2.12 bits per heavy atom. The van der Waals surface area contributed by atoms with Gasteiger partial charge in [-0.2, -0.15) is 11.3 Å². The van der Waals surface area contributed by atoms with Gasteiger partial charge >= 0.3 is 0 Å². The van der Waals surface area contributed by atoms with Crippen molar-refractivity contribution < 1.29 is 4.79 Å². The van der Waals surface area contributed by atoms with Gasteiger partial charge in [0.25, 0.3) is 0 Å². The van der Waals surface area contributed by atoms with Crippen molar-refractivity contribution in [3.63, 3.8) is 0 Å². The van der Waals surface area contributed by atoms with Gasteiger partial charge in [0.15, 0.2) is 0 Å². The van der Waals surface area contributed by atoms with Gasteiger partial charge in [0.2, 0.25) is 5.91 Å². The number of carbonyl (C=O) groups excluding carboxylic acids is 1. The van der Waals surface area contributed by atoms with Crippen molar-refractivity contribution in [2.45, 2.75) is 45.2 Å². The molecular formula is C13H20N2OS. The van der Waals surface area contributed by atoms with Crippen LogP contribution in [0.4, 0.5) is 0 Å². The van der Waals surface area contributed by atoms with E-state index in [0.717, 1.165) is 25.7 Å². The first kappa shape index (κ1) is 12.6. The summed E-state index contributed by atoms with van der Waals surface area (Å²) in [4.78, 5) is 12.0. The van der Waals surface area contributed by atoms with Crippen molar-refractivity contribution in [1.82, 2.24) is 5.32 Å². The zero-order chi connectivity index (χ0) is 12.3. The Bertz CT molecular complexity index is 381. The van der Waals surface area contributed by atoms with E-state index in [1.165, 1.54) is 11.1 Å². The monoisotopic (exact) mass is 252 g/mol. The highest BCUT2D eigenvalue weighted by molar-refractivity contribution is 7.08. The van der Waals surface area contributed by atoms with E-state index in [1.54, 1.807) is 11.3 Å². The van der Waals surface area contributed by atoms with Crippen molar-refractivity contribution in [3.05, 3.63) is 21.9 Å². The number of thiophene rings is 1. The summed E-state index contributed by atoms with van der Waals surface area (Å²) in [5, 5.41) is 7.25. The quantitative estimate of drug-likeness (QED) is 0.866. The SMILES string of the molecule is Cc1cscc1CNC(=O)C1CCC(N)CC1. The van der Waals surface area contributed by atoms with Gasteiger partial charge in [-0.15, -0.1) is 0 Å². The van der Waals surface area contributed by atoms with E-state index in [9.17, 15) is 4.79 Å². The van der Waals surface area contributed by atoms with Crippen LogP contribution in [0, 0.1) is 12.8 Å². The summed E-state index contributed by atoms with van der Waals surface area (Å²) in [6, 6.07) is 0.304. The van der Waals surface area contributed by atoms with Crippen molar-refractivity contribution in [1.29, 1.82) is 0 Å². The van der Waals surface area contributed by atoms with Gasteiger partial charge in [0, 0.05) is 18.5 Å². The maximum Gasteiger partial charge on any atom is 0.223 e. The summed E-state index contributed by atoms with van der Waals surface area (Å²) < 4.78 is 0. The van der Waals surface area contributed by atoms with Crippen LogP contribution in [-0.2, 0) is 11.3 Å². The molecule has 0 bridgehead atoms. The van der Waals surface area contributed by atoms with E-state index in [1.807, 2.05) is 0 Å². The number of carbonyl (C=O) groups is 1. The molecule has 1 amide bonds. The largest absolute Gasteiger partial charge is 0.352 e. The first-order valence-electron chi connectivity index (χ1n) is 6.21. The van der Waals surface area contributed by atoms with Crippen LogP contribution in [0.1, 0.15) is 36.8 Å². The molecule has 0 radical (unpaired) electrons.